The maximum absolute atomic E-state index is 5.96. The van der Waals surface area contributed by atoms with Gasteiger partial charge in [0.25, 0.3) is 0 Å². The highest BCUT2D eigenvalue weighted by molar-refractivity contribution is 5.86. The van der Waals surface area contributed by atoms with Crippen molar-refractivity contribution in [3.05, 3.63) is 54.6 Å². The predicted octanol–water partition coefficient (Wildman–Crippen LogP) is 2.81. The summed E-state index contributed by atoms with van der Waals surface area (Å²) in [6.45, 7) is 2.95. The zero-order valence-corrected chi connectivity index (χ0v) is 14.0. The predicted molar refractivity (Wildman–Crippen MR) is 96.4 cm³/mol. The second-order valence-electron chi connectivity index (χ2n) is 5.58. The van der Waals surface area contributed by atoms with Crippen molar-refractivity contribution >= 4 is 23.3 Å². The fourth-order valence-electron chi connectivity index (χ4n) is 2.81. The van der Waals surface area contributed by atoms with E-state index in [9.17, 15) is 0 Å². The Morgan fingerprint density at radius 1 is 1.12 bits per heavy atom. The minimum absolute atomic E-state index is 0. The van der Waals surface area contributed by atoms with Gasteiger partial charge in [-0.05, 0) is 24.3 Å². The van der Waals surface area contributed by atoms with Gasteiger partial charge in [0.1, 0.15) is 12.7 Å². The lowest BCUT2D eigenvalue weighted by molar-refractivity contribution is -0.000504. The summed E-state index contributed by atoms with van der Waals surface area (Å²) in [6, 6.07) is 18.2. The Labute approximate surface area is 147 Å². The van der Waals surface area contributed by atoms with E-state index < -0.39 is 0 Å². The summed E-state index contributed by atoms with van der Waals surface area (Å²) in [5.74, 6) is 0.652. The van der Waals surface area contributed by atoms with Crippen molar-refractivity contribution in [2.75, 3.05) is 26.3 Å². The van der Waals surface area contributed by atoms with Crippen molar-refractivity contribution < 1.29 is 9.47 Å². The van der Waals surface area contributed by atoms with Gasteiger partial charge in [0.05, 0.1) is 23.2 Å². The molecule has 1 unspecified atom stereocenters. The number of halogens is 1. The highest BCUT2D eigenvalue weighted by Gasteiger charge is 2.17. The molecule has 0 bridgehead atoms. The largest absolute Gasteiger partial charge is 0.473 e. The summed E-state index contributed by atoms with van der Waals surface area (Å²) < 4.78 is 13.6. The van der Waals surface area contributed by atoms with Crippen LogP contribution in [0.15, 0.2) is 54.6 Å². The van der Waals surface area contributed by atoms with Gasteiger partial charge < -0.3 is 14.8 Å². The standard InChI is InChI=1S/C18H19N3O2.ClH/c1-2-6-14(7-3-1)21-17-9-5-4-8-16(17)18(20-21)23-13-15-12-19-10-11-22-15;/h1-9,15,19H,10-13H2;1H. The van der Waals surface area contributed by atoms with Crippen LogP contribution >= 0.6 is 12.4 Å². The van der Waals surface area contributed by atoms with Crippen molar-refractivity contribution in [2.24, 2.45) is 0 Å². The average molecular weight is 346 g/mol. The van der Waals surface area contributed by atoms with Crippen molar-refractivity contribution in [1.29, 1.82) is 0 Å². The van der Waals surface area contributed by atoms with Crippen LogP contribution in [0.1, 0.15) is 0 Å². The maximum Gasteiger partial charge on any atom is 0.241 e. The molecule has 0 aliphatic carbocycles. The molecule has 0 spiro atoms. The van der Waals surface area contributed by atoms with E-state index >= 15 is 0 Å². The van der Waals surface area contributed by atoms with E-state index in [1.807, 2.05) is 53.2 Å². The third kappa shape index (κ3) is 3.38. The van der Waals surface area contributed by atoms with E-state index in [2.05, 4.69) is 16.5 Å². The molecule has 1 aliphatic heterocycles. The van der Waals surface area contributed by atoms with Crippen LogP contribution in [0, 0.1) is 0 Å². The molecule has 0 radical (unpaired) electrons. The minimum Gasteiger partial charge on any atom is -0.473 e. The minimum atomic E-state index is 0. The van der Waals surface area contributed by atoms with E-state index in [1.165, 1.54) is 0 Å². The SMILES string of the molecule is Cl.c1ccc(-n2nc(OCC3CNCCO3)c3ccccc32)cc1. The van der Waals surface area contributed by atoms with Crippen LogP contribution in [0.2, 0.25) is 0 Å². The van der Waals surface area contributed by atoms with E-state index in [-0.39, 0.29) is 18.5 Å². The Morgan fingerprint density at radius 3 is 2.71 bits per heavy atom. The number of fused-ring (bicyclic) bond motifs is 1. The monoisotopic (exact) mass is 345 g/mol. The van der Waals surface area contributed by atoms with Gasteiger partial charge in [0, 0.05) is 13.1 Å². The smallest absolute Gasteiger partial charge is 0.241 e. The van der Waals surface area contributed by atoms with E-state index in [1.54, 1.807) is 0 Å². The number of nitrogens with one attached hydrogen (secondary N) is 1. The summed E-state index contributed by atoms with van der Waals surface area (Å²) in [4.78, 5) is 0. The molecule has 6 heteroatoms. The van der Waals surface area contributed by atoms with Gasteiger partial charge in [-0.3, -0.25) is 0 Å². The fraction of sp³-hybridized carbons (Fsp3) is 0.278. The Kier molecular flexibility index (Phi) is 5.35. The molecular weight excluding hydrogens is 326 g/mol. The number of benzene rings is 2. The number of hydrogen-bond donors (Lipinski definition) is 1. The van der Waals surface area contributed by atoms with Crippen LogP contribution in [0.25, 0.3) is 16.6 Å². The van der Waals surface area contributed by atoms with Crippen LogP contribution < -0.4 is 10.1 Å². The molecule has 0 saturated carbocycles. The number of aromatic nitrogens is 2. The first-order valence-electron chi connectivity index (χ1n) is 7.90. The second-order valence-corrected chi connectivity index (χ2v) is 5.58. The normalized spacial score (nSPS) is 17.4. The lowest BCUT2D eigenvalue weighted by atomic mass is 10.2. The van der Waals surface area contributed by atoms with Crippen molar-refractivity contribution in [1.82, 2.24) is 15.1 Å². The van der Waals surface area contributed by atoms with Gasteiger partial charge in [-0.15, -0.1) is 17.5 Å². The van der Waals surface area contributed by atoms with Gasteiger partial charge in [-0.1, -0.05) is 30.3 Å². The van der Waals surface area contributed by atoms with Gasteiger partial charge in [-0.25, -0.2) is 4.68 Å². The van der Waals surface area contributed by atoms with Crippen molar-refractivity contribution in [2.45, 2.75) is 6.10 Å². The highest BCUT2D eigenvalue weighted by Crippen LogP contribution is 2.27. The molecule has 0 amide bonds. The fourth-order valence-corrected chi connectivity index (χ4v) is 2.81. The molecule has 2 heterocycles. The molecule has 1 atom stereocenters. The number of ether oxygens (including phenoxy) is 2. The average Bonchev–Trinajstić information content (AvgIpc) is 3.01. The van der Waals surface area contributed by atoms with Crippen LogP contribution in [0.3, 0.4) is 0 Å². The third-order valence-corrected chi connectivity index (χ3v) is 3.96. The van der Waals surface area contributed by atoms with E-state index in [0.717, 1.165) is 36.3 Å². The number of hydrogen-bond acceptors (Lipinski definition) is 4. The topological polar surface area (TPSA) is 48.3 Å². The summed E-state index contributed by atoms with van der Waals surface area (Å²) in [5.41, 5.74) is 2.06. The Balaban J connectivity index is 0.00000169. The molecule has 1 aliphatic rings. The number of rotatable bonds is 4. The number of nitrogens with zero attached hydrogens (tertiary/aromatic N) is 2. The second kappa shape index (κ2) is 7.66. The van der Waals surface area contributed by atoms with Gasteiger partial charge in [0.15, 0.2) is 0 Å². The summed E-state index contributed by atoms with van der Waals surface area (Å²) in [6.07, 6.45) is 0.0735. The van der Waals surface area contributed by atoms with Gasteiger partial charge in [0.2, 0.25) is 5.88 Å². The lowest BCUT2D eigenvalue weighted by Gasteiger charge is -2.23. The summed E-state index contributed by atoms with van der Waals surface area (Å²) in [5, 5.41) is 8.99. The van der Waals surface area contributed by atoms with Crippen LogP contribution in [0.5, 0.6) is 5.88 Å². The Hall–Kier alpha value is -2.08. The van der Waals surface area contributed by atoms with Gasteiger partial charge in [-0.2, -0.15) is 0 Å². The molecular formula is C18H20ClN3O2. The van der Waals surface area contributed by atoms with Crippen LogP contribution in [0.4, 0.5) is 0 Å². The first-order valence-corrected chi connectivity index (χ1v) is 7.90. The van der Waals surface area contributed by atoms with Gasteiger partial charge >= 0.3 is 0 Å². The van der Waals surface area contributed by atoms with Crippen molar-refractivity contribution in [3.8, 4) is 11.6 Å². The Bertz CT molecular complexity index is 785. The maximum atomic E-state index is 5.96. The molecule has 1 aromatic heterocycles. The quantitative estimate of drug-likeness (QED) is 0.790. The molecule has 3 aromatic rings. The van der Waals surface area contributed by atoms with Crippen molar-refractivity contribution in [3.63, 3.8) is 0 Å². The first kappa shape index (κ1) is 16.8. The molecule has 2 aromatic carbocycles. The molecule has 1 saturated heterocycles. The molecule has 126 valence electrons. The molecule has 24 heavy (non-hydrogen) atoms. The van der Waals surface area contributed by atoms with Crippen LogP contribution in [-0.2, 0) is 4.74 Å². The molecule has 5 nitrogen and oxygen atoms in total. The Morgan fingerprint density at radius 2 is 1.92 bits per heavy atom. The summed E-state index contributed by atoms with van der Waals surface area (Å²) in [7, 11) is 0. The number of morpholine rings is 1. The lowest BCUT2D eigenvalue weighted by Crippen LogP contribution is -2.41. The molecule has 1 fully saturated rings. The first-order chi connectivity index (χ1) is 11.4. The van der Waals surface area contributed by atoms with Crippen LogP contribution in [-0.4, -0.2) is 42.2 Å². The highest BCUT2D eigenvalue weighted by atomic mass is 35.5. The zero-order chi connectivity index (χ0) is 15.5. The molecule has 4 rings (SSSR count). The molecule has 1 N–H and O–H groups in total. The van der Waals surface area contributed by atoms with E-state index in [4.69, 9.17) is 9.47 Å². The van der Waals surface area contributed by atoms with E-state index in [0.29, 0.717) is 12.5 Å². The summed E-state index contributed by atoms with van der Waals surface area (Å²) >= 11 is 0. The zero-order valence-electron chi connectivity index (χ0n) is 13.2. The number of para-hydroxylation sites is 2. The third-order valence-electron chi connectivity index (χ3n) is 3.96.